The second kappa shape index (κ2) is 6.37. The number of nitrogens with zero attached hydrogens (tertiary/aromatic N) is 1. The van der Waals surface area contributed by atoms with Gasteiger partial charge in [0.25, 0.3) is 5.91 Å². The molecule has 0 saturated heterocycles. The summed E-state index contributed by atoms with van der Waals surface area (Å²) in [7, 11) is 0. The molecule has 2 N–H and O–H groups in total. The van der Waals surface area contributed by atoms with Gasteiger partial charge in [0.2, 0.25) is 0 Å². The number of amides is 3. The Labute approximate surface area is 158 Å². The van der Waals surface area contributed by atoms with E-state index in [-0.39, 0.29) is 11.9 Å². The molecule has 1 aromatic carbocycles. The lowest BCUT2D eigenvalue weighted by molar-refractivity contribution is -0.126. The molecule has 0 spiro atoms. The number of carbonyl (C=O) groups is 2. The van der Waals surface area contributed by atoms with Gasteiger partial charge in [-0.05, 0) is 29.1 Å². The highest BCUT2D eigenvalue weighted by Gasteiger charge is 2.40. The first-order valence-electron chi connectivity index (χ1n) is 7.60. The maximum atomic E-state index is 12.9. The standard InChI is InChI=1S/C17H13Cl2N3O2S/c18-11-4-3-9(6-12(11)19)15-14-13(20-17(24)21-15)8-22(16(14)23)7-10-2-1-5-25-10/h1-6,15H,7-8H2,(H2,20,21,24). The van der Waals surface area contributed by atoms with Crippen molar-refractivity contribution in [1.29, 1.82) is 0 Å². The zero-order chi connectivity index (χ0) is 17.6. The molecule has 0 radical (unpaired) electrons. The smallest absolute Gasteiger partial charge is 0.319 e. The lowest BCUT2D eigenvalue weighted by Crippen LogP contribution is -2.44. The number of carbonyl (C=O) groups excluding carboxylic acids is 2. The number of benzene rings is 1. The zero-order valence-electron chi connectivity index (χ0n) is 12.9. The van der Waals surface area contributed by atoms with Crippen molar-refractivity contribution in [3.05, 3.63) is 67.5 Å². The highest BCUT2D eigenvalue weighted by Crippen LogP contribution is 2.35. The van der Waals surface area contributed by atoms with Crippen LogP contribution in [0.1, 0.15) is 16.5 Å². The van der Waals surface area contributed by atoms with Crippen LogP contribution in [0.15, 0.2) is 47.0 Å². The van der Waals surface area contributed by atoms with Crippen LogP contribution < -0.4 is 10.6 Å². The van der Waals surface area contributed by atoms with E-state index in [0.29, 0.717) is 34.4 Å². The lowest BCUT2D eigenvalue weighted by Gasteiger charge is -2.25. The summed E-state index contributed by atoms with van der Waals surface area (Å²) in [6.45, 7) is 0.908. The summed E-state index contributed by atoms with van der Waals surface area (Å²) in [4.78, 5) is 27.8. The number of nitrogens with one attached hydrogen (secondary N) is 2. The molecule has 4 rings (SSSR count). The molecule has 3 amide bonds. The Morgan fingerprint density at radius 1 is 1.20 bits per heavy atom. The van der Waals surface area contributed by atoms with Gasteiger partial charge in [0.1, 0.15) is 0 Å². The summed E-state index contributed by atoms with van der Waals surface area (Å²) < 4.78 is 0. The summed E-state index contributed by atoms with van der Waals surface area (Å²) in [6, 6.07) is 8.18. The fourth-order valence-corrected chi connectivity index (χ4v) is 4.11. The predicted molar refractivity (Wildman–Crippen MR) is 97.6 cm³/mol. The minimum absolute atomic E-state index is 0.0908. The van der Waals surface area contributed by atoms with E-state index in [2.05, 4.69) is 10.6 Å². The van der Waals surface area contributed by atoms with Gasteiger partial charge in [0.15, 0.2) is 0 Å². The van der Waals surface area contributed by atoms with E-state index in [1.165, 1.54) is 0 Å². The first kappa shape index (κ1) is 16.4. The van der Waals surface area contributed by atoms with Crippen LogP contribution in [0.4, 0.5) is 4.79 Å². The van der Waals surface area contributed by atoms with Gasteiger partial charge in [-0.15, -0.1) is 11.3 Å². The molecule has 8 heteroatoms. The van der Waals surface area contributed by atoms with Crippen LogP contribution in [0.25, 0.3) is 0 Å². The van der Waals surface area contributed by atoms with Crippen molar-refractivity contribution in [2.24, 2.45) is 0 Å². The topological polar surface area (TPSA) is 61.4 Å². The third-order valence-electron chi connectivity index (χ3n) is 4.22. The molecule has 2 aliphatic heterocycles. The van der Waals surface area contributed by atoms with Crippen molar-refractivity contribution in [3.8, 4) is 0 Å². The SMILES string of the molecule is O=C1NC2=C(C(=O)N(Cc3cccs3)C2)C(c2ccc(Cl)c(Cl)c2)N1. The zero-order valence-corrected chi connectivity index (χ0v) is 15.2. The van der Waals surface area contributed by atoms with Crippen molar-refractivity contribution in [2.45, 2.75) is 12.6 Å². The van der Waals surface area contributed by atoms with Crippen LogP contribution in [-0.2, 0) is 11.3 Å². The summed E-state index contributed by atoms with van der Waals surface area (Å²) in [6.07, 6.45) is 0. The predicted octanol–water partition coefficient (Wildman–Crippen LogP) is 3.71. The second-order valence-corrected chi connectivity index (χ2v) is 7.68. The van der Waals surface area contributed by atoms with E-state index < -0.39 is 6.04 Å². The van der Waals surface area contributed by atoms with Crippen LogP contribution in [0.3, 0.4) is 0 Å². The number of hydrogen-bond acceptors (Lipinski definition) is 3. The molecule has 25 heavy (non-hydrogen) atoms. The van der Waals surface area contributed by atoms with E-state index in [4.69, 9.17) is 23.2 Å². The largest absolute Gasteiger partial charge is 0.328 e. The Kier molecular flexibility index (Phi) is 4.19. The lowest BCUT2D eigenvalue weighted by atomic mass is 9.96. The molecule has 0 aliphatic carbocycles. The Balaban J connectivity index is 1.66. The minimum atomic E-state index is -0.542. The van der Waals surface area contributed by atoms with E-state index in [0.717, 1.165) is 10.4 Å². The number of hydrogen-bond donors (Lipinski definition) is 2. The van der Waals surface area contributed by atoms with E-state index in [9.17, 15) is 9.59 Å². The van der Waals surface area contributed by atoms with Crippen LogP contribution in [0.5, 0.6) is 0 Å². The third kappa shape index (κ3) is 3.01. The van der Waals surface area contributed by atoms with Gasteiger partial charge in [-0.3, -0.25) is 4.79 Å². The highest BCUT2D eigenvalue weighted by atomic mass is 35.5. The fraction of sp³-hybridized carbons (Fsp3) is 0.176. The fourth-order valence-electron chi connectivity index (χ4n) is 3.09. The first-order valence-corrected chi connectivity index (χ1v) is 9.23. The second-order valence-electron chi connectivity index (χ2n) is 5.84. The minimum Gasteiger partial charge on any atom is -0.328 e. The molecule has 2 aromatic rings. The van der Waals surface area contributed by atoms with Crippen LogP contribution in [0, 0.1) is 0 Å². The Hall–Kier alpha value is -2.02. The van der Waals surface area contributed by atoms with Gasteiger partial charge in [-0.25, -0.2) is 4.79 Å². The molecule has 5 nitrogen and oxygen atoms in total. The van der Waals surface area contributed by atoms with Crippen molar-refractivity contribution in [2.75, 3.05) is 6.54 Å². The Bertz CT molecular complexity index is 895. The van der Waals surface area contributed by atoms with Crippen LogP contribution in [0.2, 0.25) is 10.0 Å². The summed E-state index contributed by atoms with van der Waals surface area (Å²) in [5.41, 5.74) is 1.92. The van der Waals surface area contributed by atoms with Crippen LogP contribution in [-0.4, -0.2) is 23.4 Å². The average Bonchev–Trinajstić information content (AvgIpc) is 3.18. The molecule has 1 unspecified atom stereocenters. The normalized spacial score (nSPS) is 19.8. The molecule has 3 heterocycles. The van der Waals surface area contributed by atoms with Crippen molar-refractivity contribution in [3.63, 3.8) is 0 Å². The van der Waals surface area contributed by atoms with E-state index in [1.54, 1.807) is 34.4 Å². The first-order chi connectivity index (χ1) is 12.0. The highest BCUT2D eigenvalue weighted by molar-refractivity contribution is 7.09. The van der Waals surface area contributed by atoms with Gasteiger partial charge < -0.3 is 15.5 Å². The molecule has 1 aromatic heterocycles. The maximum Gasteiger partial charge on any atom is 0.319 e. The monoisotopic (exact) mass is 393 g/mol. The van der Waals surface area contributed by atoms with E-state index >= 15 is 0 Å². The molecular weight excluding hydrogens is 381 g/mol. The maximum absolute atomic E-state index is 12.9. The van der Waals surface area contributed by atoms with E-state index in [1.807, 2.05) is 17.5 Å². The summed E-state index contributed by atoms with van der Waals surface area (Å²) in [5, 5.41) is 8.35. The van der Waals surface area contributed by atoms with Crippen molar-refractivity contribution in [1.82, 2.24) is 15.5 Å². The third-order valence-corrected chi connectivity index (χ3v) is 5.82. The Morgan fingerprint density at radius 2 is 2.04 bits per heavy atom. The number of urea groups is 1. The molecule has 128 valence electrons. The van der Waals surface area contributed by atoms with Gasteiger partial charge >= 0.3 is 6.03 Å². The van der Waals surface area contributed by atoms with Crippen molar-refractivity contribution >= 4 is 46.5 Å². The quantitative estimate of drug-likeness (QED) is 0.834. The molecule has 2 aliphatic rings. The van der Waals surface area contributed by atoms with Gasteiger partial charge in [0, 0.05) is 4.88 Å². The summed E-state index contributed by atoms with van der Waals surface area (Å²) in [5.74, 6) is -0.0908. The molecule has 0 bridgehead atoms. The molecular formula is C17H13Cl2N3O2S. The molecule has 0 saturated carbocycles. The average molecular weight is 394 g/mol. The number of halogens is 2. The van der Waals surface area contributed by atoms with Gasteiger partial charge in [-0.2, -0.15) is 0 Å². The van der Waals surface area contributed by atoms with Gasteiger partial charge in [-0.1, -0.05) is 35.3 Å². The van der Waals surface area contributed by atoms with Gasteiger partial charge in [0.05, 0.1) is 40.4 Å². The molecule has 1 atom stereocenters. The summed E-state index contributed by atoms with van der Waals surface area (Å²) >= 11 is 13.7. The molecule has 0 fully saturated rings. The number of thiophene rings is 1. The van der Waals surface area contributed by atoms with Crippen molar-refractivity contribution < 1.29 is 9.59 Å². The van der Waals surface area contributed by atoms with Crippen LogP contribution >= 0.6 is 34.5 Å². The number of rotatable bonds is 3. The Morgan fingerprint density at radius 3 is 2.76 bits per heavy atom.